The van der Waals surface area contributed by atoms with E-state index < -0.39 is 21.5 Å². The molecule has 0 aliphatic heterocycles. The minimum atomic E-state index is -3.70. The van der Waals surface area contributed by atoms with Gasteiger partial charge in [0.15, 0.2) is 0 Å². The third-order valence-electron chi connectivity index (χ3n) is 3.45. The van der Waals surface area contributed by atoms with Crippen molar-refractivity contribution < 1.29 is 23.4 Å². The highest BCUT2D eigenvalue weighted by molar-refractivity contribution is 7.89. The number of carboxylic acid groups (broad SMARTS) is 1. The first-order valence-electron chi connectivity index (χ1n) is 6.52. The predicted molar refractivity (Wildman–Crippen MR) is 78.5 cm³/mol. The predicted octanol–water partition coefficient (Wildman–Crippen LogP) is 1.10. The van der Waals surface area contributed by atoms with Gasteiger partial charge in [0.2, 0.25) is 10.0 Å². The number of aliphatic carboxylic acids is 1. The molecule has 0 saturated carbocycles. The average Bonchev–Trinajstić information content (AvgIpc) is 2.44. The molecule has 0 aliphatic carbocycles. The second kappa shape index (κ2) is 6.55. The lowest BCUT2D eigenvalue weighted by molar-refractivity contribution is -0.136. The molecule has 0 fully saturated rings. The van der Waals surface area contributed by atoms with Crippen molar-refractivity contribution in [3.8, 4) is 0 Å². The first kappa shape index (κ1) is 17.6. The van der Waals surface area contributed by atoms with Crippen LogP contribution in [-0.2, 0) is 21.2 Å². The lowest BCUT2D eigenvalue weighted by Gasteiger charge is -2.32. The summed E-state index contributed by atoms with van der Waals surface area (Å²) in [5, 5.41) is 17.9. The summed E-state index contributed by atoms with van der Waals surface area (Å²) >= 11 is 0. The van der Waals surface area contributed by atoms with Crippen LogP contribution in [0.3, 0.4) is 0 Å². The molecule has 1 aromatic carbocycles. The topological polar surface area (TPSA) is 94.9 Å². The van der Waals surface area contributed by atoms with Gasteiger partial charge in [0.25, 0.3) is 0 Å². The van der Waals surface area contributed by atoms with Crippen molar-refractivity contribution in [2.45, 2.75) is 37.1 Å². The number of hydrogen-bond acceptors (Lipinski definition) is 4. The maximum atomic E-state index is 12.4. The van der Waals surface area contributed by atoms with Crippen LogP contribution in [-0.4, -0.2) is 48.1 Å². The van der Waals surface area contributed by atoms with Gasteiger partial charge in [0.1, 0.15) is 0 Å². The van der Waals surface area contributed by atoms with E-state index in [1.807, 2.05) is 0 Å². The Labute approximate surface area is 125 Å². The Morgan fingerprint density at radius 2 is 1.76 bits per heavy atom. The number of aliphatic hydroxyl groups excluding tert-OH is 1. The lowest BCUT2D eigenvalue weighted by atomic mass is 10.1. The smallest absolute Gasteiger partial charge is 0.303 e. The molecule has 0 aromatic heterocycles. The van der Waals surface area contributed by atoms with Crippen molar-refractivity contribution in [2.24, 2.45) is 0 Å². The van der Waals surface area contributed by atoms with Gasteiger partial charge in [0, 0.05) is 13.5 Å². The Balaban J connectivity index is 2.97. The van der Waals surface area contributed by atoms with E-state index in [0.29, 0.717) is 6.42 Å². The van der Waals surface area contributed by atoms with Crippen LogP contribution in [0.1, 0.15) is 25.8 Å². The molecule has 0 radical (unpaired) electrons. The number of rotatable bonds is 7. The Hall–Kier alpha value is -1.44. The monoisotopic (exact) mass is 315 g/mol. The van der Waals surface area contributed by atoms with Gasteiger partial charge in [-0.3, -0.25) is 4.79 Å². The molecule has 7 heteroatoms. The van der Waals surface area contributed by atoms with E-state index >= 15 is 0 Å². The number of nitrogens with zero attached hydrogens (tertiary/aromatic N) is 1. The Kier molecular flexibility index (Phi) is 5.49. The molecule has 1 aromatic rings. The molecule has 6 nitrogen and oxygen atoms in total. The molecule has 0 heterocycles. The SMILES string of the molecule is CN(C(C)(C)CO)S(=O)(=O)c1ccc(CCC(=O)O)cc1. The number of carbonyl (C=O) groups is 1. The van der Waals surface area contributed by atoms with Crippen molar-refractivity contribution >= 4 is 16.0 Å². The van der Waals surface area contributed by atoms with Crippen molar-refractivity contribution in [1.82, 2.24) is 4.31 Å². The summed E-state index contributed by atoms with van der Waals surface area (Å²) in [6.45, 7) is 2.97. The fraction of sp³-hybridized carbons (Fsp3) is 0.500. The van der Waals surface area contributed by atoms with Gasteiger partial charge in [-0.2, -0.15) is 4.31 Å². The number of carboxylic acids is 1. The minimum Gasteiger partial charge on any atom is -0.481 e. The minimum absolute atomic E-state index is 0.00351. The van der Waals surface area contributed by atoms with E-state index in [0.717, 1.165) is 9.87 Å². The number of hydrogen-bond donors (Lipinski definition) is 2. The highest BCUT2D eigenvalue weighted by Crippen LogP contribution is 2.23. The fourth-order valence-corrected chi connectivity index (χ4v) is 3.17. The van der Waals surface area contributed by atoms with Gasteiger partial charge >= 0.3 is 5.97 Å². The average molecular weight is 315 g/mol. The molecule has 0 amide bonds. The second-order valence-corrected chi connectivity index (χ2v) is 7.45. The standard InChI is InChI=1S/C14H21NO5S/c1-14(2,10-16)15(3)21(19,20)12-7-4-11(5-8-12)6-9-13(17)18/h4-5,7-8,16H,6,9-10H2,1-3H3,(H,17,18). The zero-order valence-electron chi connectivity index (χ0n) is 12.4. The van der Waals surface area contributed by atoms with Gasteiger partial charge in [-0.05, 0) is 38.0 Å². The molecular formula is C14H21NO5S. The molecule has 118 valence electrons. The second-order valence-electron chi connectivity index (χ2n) is 5.48. The van der Waals surface area contributed by atoms with Crippen molar-refractivity contribution in [2.75, 3.05) is 13.7 Å². The van der Waals surface area contributed by atoms with E-state index in [2.05, 4.69) is 0 Å². The van der Waals surface area contributed by atoms with E-state index in [-0.39, 0.29) is 17.9 Å². The molecule has 0 atom stereocenters. The molecule has 0 bridgehead atoms. The van der Waals surface area contributed by atoms with E-state index in [1.54, 1.807) is 26.0 Å². The molecule has 0 aliphatic rings. The van der Waals surface area contributed by atoms with E-state index in [1.165, 1.54) is 19.2 Å². The van der Waals surface area contributed by atoms with Crippen molar-refractivity contribution in [3.05, 3.63) is 29.8 Å². The number of likely N-dealkylation sites (N-methyl/N-ethyl adjacent to an activating group) is 1. The summed E-state index contributed by atoms with van der Waals surface area (Å²) in [5.41, 5.74) is -0.138. The van der Waals surface area contributed by atoms with Gasteiger partial charge in [-0.1, -0.05) is 12.1 Å². The Morgan fingerprint density at radius 3 is 2.19 bits per heavy atom. The van der Waals surface area contributed by atoms with Crippen LogP contribution in [0.2, 0.25) is 0 Å². The van der Waals surface area contributed by atoms with Gasteiger partial charge < -0.3 is 10.2 Å². The molecule has 0 unspecified atom stereocenters. The summed E-state index contributed by atoms with van der Waals surface area (Å²) in [4.78, 5) is 10.6. The van der Waals surface area contributed by atoms with Gasteiger partial charge in [-0.15, -0.1) is 0 Å². The van der Waals surface area contributed by atoms with E-state index in [4.69, 9.17) is 5.11 Å². The van der Waals surface area contributed by atoms with Crippen LogP contribution in [0.4, 0.5) is 0 Å². The van der Waals surface area contributed by atoms with Crippen LogP contribution in [0.25, 0.3) is 0 Å². The van der Waals surface area contributed by atoms with Crippen LogP contribution in [0.5, 0.6) is 0 Å². The third-order valence-corrected chi connectivity index (χ3v) is 5.53. The van der Waals surface area contributed by atoms with E-state index in [9.17, 15) is 18.3 Å². The zero-order valence-corrected chi connectivity index (χ0v) is 13.2. The highest BCUT2D eigenvalue weighted by Gasteiger charge is 2.33. The van der Waals surface area contributed by atoms with Crippen LogP contribution in [0.15, 0.2) is 29.2 Å². The highest BCUT2D eigenvalue weighted by atomic mass is 32.2. The fourth-order valence-electron chi connectivity index (χ4n) is 1.66. The largest absolute Gasteiger partial charge is 0.481 e. The first-order chi connectivity index (χ1) is 9.61. The zero-order chi connectivity index (χ0) is 16.3. The normalized spacial score (nSPS) is 12.6. The summed E-state index contributed by atoms with van der Waals surface area (Å²) < 4.78 is 26.0. The summed E-state index contributed by atoms with van der Waals surface area (Å²) in [6.07, 6.45) is 0.358. The third kappa shape index (κ3) is 4.26. The maximum Gasteiger partial charge on any atom is 0.303 e. The summed E-state index contributed by atoms with van der Waals surface area (Å²) in [5.74, 6) is -0.892. The summed E-state index contributed by atoms with van der Waals surface area (Å²) in [7, 11) is -2.28. The molecule has 2 N–H and O–H groups in total. The van der Waals surface area contributed by atoms with Crippen molar-refractivity contribution in [1.29, 1.82) is 0 Å². The van der Waals surface area contributed by atoms with Crippen LogP contribution >= 0.6 is 0 Å². The molecular weight excluding hydrogens is 294 g/mol. The first-order valence-corrected chi connectivity index (χ1v) is 7.96. The Bertz CT molecular complexity index is 592. The molecule has 21 heavy (non-hydrogen) atoms. The van der Waals surface area contributed by atoms with Gasteiger partial charge in [0.05, 0.1) is 17.0 Å². The Morgan fingerprint density at radius 1 is 1.24 bits per heavy atom. The maximum absolute atomic E-state index is 12.4. The number of aliphatic hydroxyl groups is 1. The number of benzene rings is 1. The van der Waals surface area contributed by atoms with Crippen LogP contribution in [0, 0.1) is 0 Å². The molecule has 0 saturated heterocycles. The molecule has 0 spiro atoms. The number of sulfonamides is 1. The molecule has 1 rings (SSSR count). The van der Waals surface area contributed by atoms with Gasteiger partial charge in [-0.25, -0.2) is 8.42 Å². The summed E-state index contributed by atoms with van der Waals surface area (Å²) in [6, 6.07) is 6.12. The quantitative estimate of drug-likeness (QED) is 0.785. The number of aryl methyl sites for hydroxylation is 1. The van der Waals surface area contributed by atoms with Crippen LogP contribution < -0.4 is 0 Å². The lowest BCUT2D eigenvalue weighted by Crippen LogP contribution is -2.47. The van der Waals surface area contributed by atoms with Crippen molar-refractivity contribution in [3.63, 3.8) is 0 Å².